The summed E-state index contributed by atoms with van der Waals surface area (Å²) in [4.78, 5) is 3.95. The van der Waals surface area contributed by atoms with E-state index in [4.69, 9.17) is 16.3 Å². The lowest BCUT2D eigenvalue weighted by Crippen LogP contribution is -2.01. The van der Waals surface area contributed by atoms with Gasteiger partial charge in [-0.1, -0.05) is 0 Å². The maximum Gasteiger partial charge on any atom is 0.264 e. The van der Waals surface area contributed by atoms with E-state index in [1.165, 1.54) is 13.2 Å². The average Bonchev–Trinajstić information content (AvgIpc) is 2.16. The highest BCUT2D eigenvalue weighted by Gasteiger charge is 2.17. The van der Waals surface area contributed by atoms with Crippen molar-refractivity contribution in [1.29, 1.82) is 0 Å². The molecule has 0 amide bonds. The van der Waals surface area contributed by atoms with Crippen molar-refractivity contribution in [3.8, 4) is 5.88 Å². The summed E-state index contributed by atoms with van der Waals surface area (Å²) in [5.74, 6) is 0.202. The predicted molar refractivity (Wildman–Crippen MR) is 58.0 cm³/mol. The van der Waals surface area contributed by atoms with Crippen molar-refractivity contribution in [2.24, 2.45) is 0 Å². The minimum Gasteiger partial charge on any atom is -0.481 e. The van der Waals surface area contributed by atoms with Crippen molar-refractivity contribution in [2.75, 3.05) is 7.11 Å². The molecule has 0 aliphatic carbocycles. The van der Waals surface area contributed by atoms with Crippen molar-refractivity contribution in [3.63, 3.8) is 0 Å². The van der Waals surface area contributed by atoms with Crippen LogP contribution in [-0.2, 0) is 5.88 Å². The lowest BCUT2D eigenvalue weighted by molar-refractivity contribution is 0.149. The van der Waals surface area contributed by atoms with Gasteiger partial charge in [0.15, 0.2) is 0 Å². The summed E-state index contributed by atoms with van der Waals surface area (Å²) in [6, 6.07) is 1.21. The summed E-state index contributed by atoms with van der Waals surface area (Å²) in [7, 11) is 1.38. The van der Waals surface area contributed by atoms with E-state index in [1.54, 1.807) is 0 Å². The molecule has 0 fully saturated rings. The van der Waals surface area contributed by atoms with Gasteiger partial charge in [-0.3, -0.25) is 0 Å². The maximum atomic E-state index is 12.6. The van der Waals surface area contributed by atoms with Gasteiger partial charge in [0.25, 0.3) is 6.43 Å². The summed E-state index contributed by atoms with van der Waals surface area (Å²) in [5, 5.41) is 0. The van der Waals surface area contributed by atoms with Crippen LogP contribution >= 0.6 is 34.2 Å². The van der Waals surface area contributed by atoms with Crippen LogP contribution in [-0.4, -0.2) is 12.1 Å². The van der Waals surface area contributed by atoms with Gasteiger partial charge in [0.1, 0.15) is 3.70 Å². The maximum absolute atomic E-state index is 12.6. The summed E-state index contributed by atoms with van der Waals surface area (Å²) in [5.41, 5.74) is 0.249. The Morgan fingerprint density at radius 2 is 2.29 bits per heavy atom. The molecule has 0 atom stereocenters. The van der Waals surface area contributed by atoms with Crippen LogP contribution in [0, 0.1) is 3.70 Å². The summed E-state index contributed by atoms with van der Waals surface area (Å²) in [6.45, 7) is 0. The number of methoxy groups -OCH3 is 1. The van der Waals surface area contributed by atoms with Crippen LogP contribution < -0.4 is 4.74 Å². The van der Waals surface area contributed by atoms with E-state index in [9.17, 15) is 8.78 Å². The second-order valence-corrected chi connectivity index (χ2v) is 3.75. The lowest BCUT2D eigenvalue weighted by atomic mass is 10.1. The van der Waals surface area contributed by atoms with Gasteiger partial charge >= 0.3 is 0 Å². The number of ether oxygens (including phenoxy) is 1. The molecule has 1 aromatic rings. The molecule has 1 aromatic heterocycles. The van der Waals surface area contributed by atoms with E-state index >= 15 is 0 Å². The van der Waals surface area contributed by atoms with Crippen LogP contribution in [0.5, 0.6) is 5.88 Å². The molecule has 1 heterocycles. The zero-order chi connectivity index (χ0) is 10.7. The average molecular weight is 334 g/mol. The zero-order valence-corrected chi connectivity index (χ0v) is 10.1. The summed E-state index contributed by atoms with van der Waals surface area (Å²) >= 11 is 7.42. The second-order valence-electron chi connectivity index (χ2n) is 2.46. The van der Waals surface area contributed by atoms with Gasteiger partial charge in [-0.25, -0.2) is 13.8 Å². The van der Waals surface area contributed by atoms with E-state index in [0.717, 1.165) is 0 Å². The Labute approximate surface area is 98.8 Å². The third kappa shape index (κ3) is 2.44. The van der Waals surface area contributed by atoms with E-state index in [0.29, 0.717) is 9.26 Å². The first-order valence-electron chi connectivity index (χ1n) is 3.67. The van der Waals surface area contributed by atoms with E-state index in [1.807, 2.05) is 22.6 Å². The molecule has 0 spiro atoms. The fourth-order valence-electron chi connectivity index (χ4n) is 0.967. The third-order valence-corrected chi connectivity index (χ3v) is 2.82. The van der Waals surface area contributed by atoms with Gasteiger partial charge < -0.3 is 4.74 Å². The topological polar surface area (TPSA) is 22.1 Å². The van der Waals surface area contributed by atoms with Crippen molar-refractivity contribution in [2.45, 2.75) is 12.3 Å². The van der Waals surface area contributed by atoms with Crippen molar-refractivity contribution >= 4 is 34.2 Å². The third-order valence-electron chi connectivity index (χ3n) is 1.66. The molecule has 0 bridgehead atoms. The molecular formula is C8H7ClF2INO. The predicted octanol–water partition coefficient (Wildman–Crippen LogP) is 3.37. The van der Waals surface area contributed by atoms with Crippen molar-refractivity contribution in [1.82, 2.24) is 4.98 Å². The van der Waals surface area contributed by atoms with Crippen LogP contribution in [0.3, 0.4) is 0 Å². The minimum absolute atomic E-state index is 0.0228. The number of aromatic nitrogens is 1. The number of pyridine rings is 1. The van der Waals surface area contributed by atoms with E-state index < -0.39 is 6.43 Å². The number of halogens is 4. The Bertz CT molecular complexity index is 335. The van der Waals surface area contributed by atoms with Gasteiger partial charge in [-0.15, -0.1) is 11.6 Å². The molecule has 0 N–H and O–H groups in total. The molecule has 0 aromatic carbocycles. The van der Waals surface area contributed by atoms with Gasteiger partial charge in [0.2, 0.25) is 5.88 Å². The summed E-state index contributed by atoms with van der Waals surface area (Å²) < 4.78 is 30.4. The standard InChI is InChI=1S/C8H7ClF2INO/c1-14-6-2-4(7(10)11)5(3-9)8(12)13-6/h2,7H,3H2,1H3. The molecule has 0 saturated heterocycles. The monoisotopic (exact) mass is 333 g/mol. The smallest absolute Gasteiger partial charge is 0.264 e. The van der Waals surface area contributed by atoms with Crippen LogP contribution in [0.15, 0.2) is 6.07 Å². The normalized spacial score (nSPS) is 10.7. The summed E-state index contributed by atoms with van der Waals surface area (Å²) in [6.07, 6.45) is -2.56. The molecule has 78 valence electrons. The largest absolute Gasteiger partial charge is 0.481 e. The second kappa shape index (κ2) is 5.06. The molecular weight excluding hydrogens is 326 g/mol. The molecule has 0 saturated carbocycles. The highest BCUT2D eigenvalue weighted by atomic mass is 127. The molecule has 2 nitrogen and oxygen atoms in total. The first kappa shape index (κ1) is 11.9. The Kier molecular flexibility index (Phi) is 4.31. The van der Waals surface area contributed by atoms with Crippen molar-refractivity contribution < 1.29 is 13.5 Å². The fraction of sp³-hybridized carbons (Fsp3) is 0.375. The van der Waals surface area contributed by atoms with Gasteiger partial charge in [0, 0.05) is 17.2 Å². The number of alkyl halides is 3. The lowest BCUT2D eigenvalue weighted by Gasteiger charge is -2.09. The highest BCUT2D eigenvalue weighted by Crippen LogP contribution is 2.29. The highest BCUT2D eigenvalue weighted by molar-refractivity contribution is 14.1. The molecule has 0 radical (unpaired) electrons. The SMILES string of the molecule is COc1cc(C(F)F)c(CCl)c(I)n1. The first-order chi connectivity index (χ1) is 6.60. The Hall–Kier alpha value is -0.170. The van der Waals surface area contributed by atoms with Crippen LogP contribution in [0.25, 0.3) is 0 Å². The Morgan fingerprint density at radius 3 is 2.71 bits per heavy atom. The first-order valence-corrected chi connectivity index (χ1v) is 5.29. The fourth-order valence-corrected chi connectivity index (χ4v) is 2.21. The molecule has 1 rings (SSSR count). The molecule has 6 heteroatoms. The van der Waals surface area contributed by atoms with Crippen LogP contribution in [0.4, 0.5) is 8.78 Å². The Balaban J connectivity index is 3.28. The molecule has 0 unspecified atom stereocenters. The van der Waals surface area contributed by atoms with Crippen LogP contribution in [0.2, 0.25) is 0 Å². The molecule has 14 heavy (non-hydrogen) atoms. The molecule has 0 aliphatic rings. The van der Waals surface area contributed by atoms with Gasteiger partial charge in [0.05, 0.1) is 13.0 Å². The quantitative estimate of drug-likeness (QED) is 0.481. The van der Waals surface area contributed by atoms with Gasteiger partial charge in [-0.2, -0.15) is 0 Å². The minimum atomic E-state index is -2.56. The number of nitrogens with zero attached hydrogens (tertiary/aromatic N) is 1. The van der Waals surface area contributed by atoms with E-state index in [-0.39, 0.29) is 17.3 Å². The number of hydrogen-bond donors (Lipinski definition) is 0. The van der Waals surface area contributed by atoms with Gasteiger partial charge in [-0.05, 0) is 22.6 Å². The number of hydrogen-bond acceptors (Lipinski definition) is 2. The zero-order valence-electron chi connectivity index (χ0n) is 7.23. The van der Waals surface area contributed by atoms with Crippen molar-refractivity contribution in [3.05, 3.63) is 20.9 Å². The van der Waals surface area contributed by atoms with E-state index in [2.05, 4.69) is 4.98 Å². The number of rotatable bonds is 3. The molecule has 0 aliphatic heterocycles. The Morgan fingerprint density at radius 1 is 1.64 bits per heavy atom. The van der Waals surface area contributed by atoms with Crippen LogP contribution in [0.1, 0.15) is 17.6 Å².